The standard InChI is InChI=1S/C30H32F2N4O/c1-19(2)29-23(30(37)33-18-21-10-12-22(13-11-21)35-16-5-4-6-17-35)14-15-26-27(20(3)34-36(26)29)28-24(31)8-7-9-25(28)32/h7-15,19H,4-6,16-18H2,1-3H3,(H,33,37). The molecule has 1 fully saturated rings. The van der Waals surface area contributed by atoms with Crippen molar-refractivity contribution in [2.24, 2.45) is 0 Å². The lowest BCUT2D eigenvalue weighted by molar-refractivity contribution is 0.0949. The topological polar surface area (TPSA) is 49.6 Å². The number of halogens is 2. The average Bonchev–Trinajstić information content (AvgIpc) is 3.22. The van der Waals surface area contributed by atoms with Gasteiger partial charge in [-0.25, -0.2) is 13.3 Å². The molecule has 4 aromatic rings. The summed E-state index contributed by atoms with van der Waals surface area (Å²) in [5.74, 6) is -1.54. The van der Waals surface area contributed by atoms with Gasteiger partial charge < -0.3 is 10.2 Å². The molecule has 0 spiro atoms. The molecule has 3 heterocycles. The van der Waals surface area contributed by atoms with Gasteiger partial charge in [-0.3, -0.25) is 4.79 Å². The molecule has 0 unspecified atom stereocenters. The predicted molar refractivity (Wildman–Crippen MR) is 143 cm³/mol. The second kappa shape index (κ2) is 10.3. The molecule has 0 radical (unpaired) electrons. The van der Waals surface area contributed by atoms with Crippen LogP contribution in [-0.4, -0.2) is 28.6 Å². The van der Waals surface area contributed by atoms with Gasteiger partial charge in [0, 0.05) is 30.9 Å². The summed E-state index contributed by atoms with van der Waals surface area (Å²) in [5.41, 5.74) is 4.80. The van der Waals surface area contributed by atoms with Crippen molar-refractivity contribution in [2.45, 2.75) is 52.5 Å². The summed E-state index contributed by atoms with van der Waals surface area (Å²) >= 11 is 0. The van der Waals surface area contributed by atoms with Crippen molar-refractivity contribution in [3.63, 3.8) is 0 Å². The highest BCUT2D eigenvalue weighted by atomic mass is 19.1. The van der Waals surface area contributed by atoms with Crippen molar-refractivity contribution in [2.75, 3.05) is 18.0 Å². The van der Waals surface area contributed by atoms with Crippen LogP contribution in [0.3, 0.4) is 0 Å². The third kappa shape index (κ3) is 4.82. The molecule has 1 aliphatic heterocycles. The Kier molecular flexibility index (Phi) is 6.96. The van der Waals surface area contributed by atoms with Crippen molar-refractivity contribution < 1.29 is 13.6 Å². The molecule has 37 heavy (non-hydrogen) atoms. The lowest BCUT2D eigenvalue weighted by Crippen LogP contribution is -2.29. The van der Waals surface area contributed by atoms with E-state index in [1.807, 2.05) is 13.8 Å². The molecule has 2 aromatic carbocycles. The van der Waals surface area contributed by atoms with Gasteiger partial charge in [-0.05, 0) is 74.1 Å². The molecule has 5 nitrogen and oxygen atoms in total. The number of carbonyl (C=O) groups is 1. The fourth-order valence-electron chi connectivity index (χ4n) is 5.29. The molecule has 192 valence electrons. The summed E-state index contributed by atoms with van der Waals surface area (Å²) in [6.45, 7) is 8.27. The maximum Gasteiger partial charge on any atom is 0.253 e. The fraction of sp³-hybridized carbons (Fsp3) is 0.333. The molecule has 0 bridgehead atoms. The molecule has 5 rings (SSSR count). The Labute approximate surface area is 216 Å². The van der Waals surface area contributed by atoms with Crippen LogP contribution in [0, 0.1) is 18.6 Å². The molecule has 0 atom stereocenters. The van der Waals surface area contributed by atoms with Crippen molar-refractivity contribution >= 4 is 17.1 Å². The quantitative estimate of drug-likeness (QED) is 0.322. The van der Waals surface area contributed by atoms with E-state index in [4.69, 9.17) is 0 Å². The van der Waals surface area contributed by atoms with E-state index in [1.54, 1.807) is 23.6 Å². The van der Waals surface area contributed by atoms with Gasteiger partial charge in [-0.2, -0.15) is 5.10 Å². The van der Waals surface area contributed by atoms with Crippen LogP contribution in [0.4, 0.5) is 14.5 Å². The van der Waals surface area contributed by atoms with E-state index >= 15 is 0 Å². The molecule has 1 N–H and O–H groups in total. The lowest BCUT2D eigenvalue weighted by Gasteiger charge is -2.28. The number of hydrogen-bond donors (Lipinski definition) is 1. The number of fused-ring (bicyclic) bond motifs is 1. The second-order valence-corrected chi connectivity index (χ2v) is 10.0. The van der Waals surface area contributed by atoms with E-state index in [0.717, 1.165) is 18.7 Å². The Bertz CT molecular complexity index is 1420. The van der Waals surface area contributed by atoms with E-state index in [9.17, 15) is 13.6 Å². The predicted octanol–water partition coefficient (Wildman–Crippen LogP) is 6.63. The monoisotopic (exact) mass is 502 g/mol. The summed E-state index contributed by atoms with van der Waals surface area (Å²) in [7, 11) is 0. The van der Waals surface area contributed by atoms with Gasteiger partial charge in [0.2, 0.25) is 0 Å². The normalized spacial score (nSPS) is 13.9. The van der Waals surface area contributed by atoms with Crippen LogP contribution in [0.2, 0.25) is 0 Å². The minimum Gasteiger partial charge on any atom is -0.372 e. The van der Waals surface area contributed by atoms with Crippen LogP contribution in [0.15, 0.2) is 54.6 Å². The van der Waals surface area contributed by atoms with Gasteiger partial charge in [0.05, 0.1) is 28.0 Å². The Morgan fingerprint density at radius 3 is 2.27 bits per heavy atom. The number of hydrogen-bond acceptors (Lipinski definition) is 3. The van der Waals surface area contributed by atoms with Crippen molar-refractivity contribution in [1.82, 2.24) is 14.9 Å². The van der Waals surface area contributed by atoms with Gasteiger partial charge in [-0.15, -0.1) is 0 Å². The first-order valence-corrected chi connectivity index (χ1v) is 12.9. The third-order valence-electron chi connectivity index (χ3n) is 7.12. The fourth-order valence-corrected chi connectivity index (χ4v) is 5.29. The van der Waals surface area contributed by atoms with E-state index in [-0.39, 0.29) is 17.4 Å². The Morgan fingerprint density at radius 1 is 0.946 bits per heavy atom. The number of nitrogens with zero attached hydrogens (tertiary/aromatic N) is 3. The maximum atomic E-state index is 14.6. The number of piperidine rings is 1. The molecule has 2 aromatic heterocycles. The Morgan fingerprint density at radius 2 is 1.62 bits per heavy atom. The van der Waals surface area contributed by atoms with Gasteiger partial charge in [0.1, 0.15) is 11.6 Å². The first-order chi connectivity index (χ1) is 17.8. The zero-order chi connectivity index (χ0) is 26.1. The largest absolute Gasteiger partial charge is 0.372 e. The zero-order valence-corrected chi connectivity index (χ0v) is 21.5. The van der Waals surface area contributed by atoms with Gasteiger partial charge >= 0.3 is 0 Å². The van der Waals surface area contributed by atoms with E-state index in [0.29, 0.717) is 34.6 Å². The van der Waals surface area contributed by atoms with Crippen LogP contribution < -0.4 is 10.2 Å². The van der Waals surface area contributed by atoms with E-state index < -0.39 is 11.6 Å². The first kappa shape index (κ1) is 24.9. The summed E-state index contributed by atoms with van der Waals surface area (Å²) < 4.78 is 30.9. The highest BCUT2D eigenvalue weighted by Gasteiger charge is 2.24. The van der Waals surface area contributed by atoms with E-state index in [1.165, 1.54) is 43.1 Å². The number of carbonyl (C=O) groups excluding carboxylic acids is 1. The molecular weight excluding hydrogens is 470 g/mol. The number of benzene rings is 2. The SMILES string of the molecule is Cc1nn2c(C(C)C)c(C(=O)NCc3ccc(N4CCCCC4)cc3)ccc2c1-c1c(F)cccc1F. The summed E-state index contributed by atoms with van der Waals surface area (Å²) in [6, 6.07) is 15.6. The number of pyridine rings is 1. The highest BCUT2D eigenvalue weighted by molar-refractivity contribution is 5.96. The number of aromatic nitrogens is 2. The molecule has 1 aliphatic rings. The molecule has 7 heteroatoms. The van der Waals surface area contributed by atoms with Gasteiger partial charge in [0.25, 0.3) is 5.91 Å². The lowest BCUT2D eigenvalue weighted by atomic mass is 9.99. The van der Waals surface area contributed by atoms with E-state index in [2.05, 4.69) is 39.6 Å². The highest BCUT2D eigenvalue weighted by Crippen LogP contribution is 2.35. The molecule has 0 aliphatic carbocycles. The van der Waals surface area contributed by atoms with Crippen molar-refractivity contribution in [1.29, 1.82) is 0 Å². The van der Waals surface area contributed by atoms with Crippen LogP contribution in [-0.2, 0) is 6.54 Å². The number of nitrogens with one attached hydrogen (secondary N) is 1. The average molecular weight is 503 g/mol. The number of rotatable bonds is 6. The molecule has 1 saturated heterocycles. The minimum atomic E-state index is -0.641. The maximum absolute atomic E-state index is 14.6. The number of aryl methyl sites for hydroxylation is 1. The summed E-state index contributed by atoms with van der Waals surface area (Å²) in [6.07, 6.45) is 3.75. The number of amides is 1. The van der Waals surface area contributed by atoms with Gasteiger partial charge in [-0.1, -0.05) is 32.0 Å². The third-order valence-corrected chi connectivity index (χ3v) is 7.12. The smallest absolute Gasteiger partial charge is 0.253 e. The molecular formula is C30H32F2N4O. The summed E-state index contributed by atoms with van der Waals surface area (Å²) in [4.78, 5) is 15.7. The van der Waals surface area contributed by atoms with Crippen LogP contribution in [0.1, 0.15) is 66.3 Å². The summed E-state index contributed by atoms with van der Waals surface area (Å²) in [5, 5.41) is 7.64. The van der Waals surface area contributed by atoms with Crippen LogP contribution >= 0.6 is 0 Å². The second-order valence-electron chi connectivity index (χ2n) is 10.0. The number of anilines is 1. The van der Waals surface area contributed by atoms with Crippen LogP contribution in [0.25, 0.3) is 16.6 Å². The first-order valence-electron chi connectivity index (χ1n) is 12.9. The van der Waals surface area contributed by atoms with Crippen molar-refractivity contribution in [3.8, 4) is 11.1 Å². The molecule has 0 saturated carbocycles. The van der Waals surface area contributed by atoms with Gasteiger partial charge in [0.15, 0.2) is 0 Å². The Balaban J connectivity index is 1.42. The Hall–Kier alpha value is -3.74. The van der Waals surface area contributed by atoms with Crippen LogP contribution in [0.5, 0.6) is 0 Å². The minimum absolute atomic E-state index is 0.0501. The molecule has 1 amide bonds. The van der Waals surface area contributed by atoms with Crippen molar-refractivity contribution in [3.05, 3.63) is 88.7 Å². The zero-order valence-electron chi connectivity index (χ0n) is 21.5.